The zero-order valence-corrected chi connectivity index (χ0v) is 11.3. The van der Waals surface area contributed by atoms with Gasteiger partial charge in [0.15, 0.2) is 0 Å². The highest BCUT2D eigenvalue weighted by Gasteiger charge is 2.33. The molecule has 0 saturated carbocycles. The average molecular weight is 264 g/mol. The van der Waals surface area contributed by atoms with E-state index in [1.54, 1.807) is 18.2 Å². The number of carbonyl (C=O) groups is 2. The number of rotatable bonds is 7. The largest absolute Gasteiger partial charge is 0.480 e. The Balaban J connectivity index is 2.83. The number of amides is 1. The molecule has 5 heteroatoms. The number of carboxylic acid groups (broad SMARTS) is 1. The van der Waals surface area contributed by atoms with Crippen LogP contribution in [0.2, 0.25) is 0 Å². The lowest BCUT2D eigenvalue weighted by Gasteiger charge is -2.28. The monoisotopic (exact) mass is 264 g/mol. The Morgan fingerprint density at radius 2 is 1.95 bits per heavy atom. The molecule has 1 amide bonds. The van der Waals surface area contributed by atoms with Crippen LogP contribution in [0.15, 0.2) is 24.3 Å². The molecule has 19 heavy (non-hydrogen) atoms. The van der Waals surface area contributed by atoms with Gasteiger partial charge in [-0.3, -0.25) is 14.9 Å². The summed E-state index contributed by atoms with van der Waals surface area (Å²) >= 11 is 0. The maximum absolute atomic E-state index is 11.3. The molecular weight excluding hydrogens is 244 g/mol. The number of nitrogens with one attached hydrogen (secondary N) is 1. The Morgan fingerprint density at radius 1 is 1.32 bits per heavy atom. The number of primary amides is 1. The van der Waals surface area contributed by atoms with Crippen molar-refractivity contribution in [1.82, 2.24) is 5.32 Å². The predicted octanol–water partition coefficient (Wildman–Crippen LogP) is 1.52. The van der Waals surface area contributed by atoms with E-state index in [1.807, 2.05) is 19.9 Å². The van der Waals surface area contributed by atoms with E-state index in [2.05, 4.69) is 5.32 Å². The normalized spacial score (nSPS) is 11.3. The van der Waals surface area contributed by atoms with Crippen LogP contribution in [0.25, 0.3) is 0 Å². The number of hydrogen-bond donors (Lipinski definition) is 3. The van der Waals surface area contributed by atoms with Crippen LogP contribution in [0.1, 0.15) is 42.6 Å². The first-order valence-corrected chi connectivity index (χ1v) is 6.32. The Kier molecular flexibility index (Phi) is 5.06. The molecule has 0 spiro atoms. The highest BCUT2D eigenvalue weighted by molar-refractivity contribution is 5.92. The Bertz CT molecular complexity index is 468. The van der Waals surface area contributed by atoms with Crippen LogP contribution < -0.4 is 11.1 Å². The molecule has 0 aliphatic heterocycles. The molecule has 0 unspecified atom stereocenters. The van der Waals surface area contributed by atoms with E-state index in [0.29, 0.717) is 24.9 Å². The van der Waals surface area contributed by atoms with Crippen LogP contribution in [0.4, 0.5) is 0 Å². The fourth-order valence-electron chi connectivity index (χ4n) is 1.98. The van der Waals surface area contributed by atoms with Gasteiger partial charge in [-0.05, 0) is 30.5 Å². The molecular formula is C14H20N2O3. The zero-order valence-electron chi connectivity index (χ0n) is 11.3. The summed E-state index contributed by atoms with van der Waals surface area (Å²) < 4.78 is 0. The van der Waals surface area contributed by atoms with E-state index >= 15 is 0 Å². The number of carbonyl (C=O) groups excluding carboxylic acids is 1. The first kappa shape index (κ1) is 15.2. The van der Waals surface area contributed by atoms with Crippen LogP contribution in [0.5, 0.6) is 0 Å². The van der Waals surface area contributed by atoms with Gasteiger partial charge in [0.05, 0.1) is 0 Å². The Hall–Kier alpha value is -1.88. The summed E-state index contributed by atoms with van der Waals surface area (Å²) in [7, 11) is 0. The summed E-state index contributed by atoms with van der Waals surface area (Å²) in [4.78, 5) is 22.4. The fraction of sp³-hybridized carbons (Fsp3) is 0.429. The van der Waals surface area contributed by atoms with Crippen molar-refractivity contribution in [3.8, 4) is 0 Å². The van der Waals surface area contributed by atoms with E-state index in [4.69, 9.17) is 5.73 Å². The van der Waals surface area contributed by atoms with Gasteiger partial charge in [0.1, 0.15) is 5.54 Å². The Labute approximate surface area is 112 Å². The van der Waals surface area contributed by atoms with E-state index in [1.165, 1.54) is 0 Å². The van der Waals surface area contributed by atoms with Crippen molar-refractivity contribution in [3.05, 3.63) is 35.4 Å². The summed E-state index contributed by atoms with van der Waals surface area (Å²) in [6.07, 6.45) is 0.989. The van der Waals surface area contributed by atoms with E-state index in [0.717, 1.165) is 5.56 Å². The number of hydrogen-bond acceptors (Lipinski definition) is 3. The molecule has 1 aromatic carbocycles. The number of aliphatic carboxylic acids is 1. The highest BCUT2D eigenvalue weighted by atomic mass is 16.4. The standard InChI is InChI=1S/C14H20N2O3/c1-3-14(4-2,13(18)19)16-9-10-6-5-7-11(8-10)12(15)17/h5-8,16H,3-4,9H2,1-2H3,(H2,15,17)(H,18,19). The minimum Gasteiger partial charge on any atom is -0.480 e. The molecule has 4 N–H and O–H groups in total. The molecule has 0 bridgehead atoms. The molecule has 0 aliphatic carbocycles. The van der Waals surface area contributed by atoms with E-state index in [9.17, 15) is 14.7 Å². The second-order valence-corrected chi connectivity index (χ2v) is 4.51. The summed E-state index contributed by atoms with van der Waals surface area (Å²) in [6, 6.07) is 6.87. The van der Waals surface area contributed by atoms with Crippen LogP contribution in [-0.2, 0) is 11.3 Å². The molecule has 0 aliphatic rings. The van der Waals surface area contributed by atoms with E-state index in [-0.39, 0.29) is 0 Å². The smallest absolute Gasteiger partial charge is 0.323 e. The zero-order chi connectivity index (χ0) is 14.5. The maximum Gasteiger partial charge on any atom is 0.323 e. The first-order chi connectivity index (χ1) is 8.95. The molecule has 0 radical (unpaired) electrons. The van der Waals surface area contributed by atoms with Crippen molar-refractivity contribution in [2.45, 2.75) is 38.8 Å². The number of carboxylic acids is 1. The van der Waals surface area contributed by atoms with Crippen molar-refractivity contribution in [3.63, 3.8) is 0 Å². The molecule has 0 saturated heterocycles. The van der Waals surface area contributed by atoms with Gasteiger partial charge < -0.3 is 10.8 Å². The maximum atomic E-state index is 11.3. The summed E-state index contributed by atoms with van der Waals surface area (Å²) in [6.45, 7) is 4.06. The van der Waals surface area contributed by atoms with Crippen LogP contribution in [-0.4, -0.2) is 22.5 Å². The predicted molar refractivity (Wildman–Crippen MR) is 72.7 cm³/mol. The molecule has 1 aromatic rings. The quantitative estimate of drug-likeness (QED) is 0.696. The van der Waals surface area contributed by atoms with Crippen molar-refractivity contribution < 1.29 is 14.7 Å². The third kappa shape index (κ3) is 3.54. The van der Waals surface area contributed by atoms with Crippen LogP contribution >= 0.6 is 0 Å². The molecule has 0 atom stereocenters. The van der Waals surface area contributed by atoms with Crippen molar-refractivity contribution >= 4 is 11.9 Å². The molecule has 0 aromatic heterocycles. The third-order valence-electron chi connectivity index (χ3n) is 3.46. The van der Waals surface area contributed by atoms with Gasteiger partial charge in [-0.25, -0.2) is 0 Å². The summed E-state index contributed by atoms with van der Waals surface area (Å²) in [5.41, 5.74) is 5.55. The van der Waals surface area contributed by atoms with Crippen molar-refractivity contribution in [2.75, 3.05) is 0 Å². The second kappa shape index (κ2) is 6.33. The van der Waals surface area contributed by atoms with Gasteiger partial charge in [0, 0.05) is 12.1 Å². The molecule has 104 valence electrons. The van der Waals surface area contributed by atoms with Gasteiger partial charge in [-0.15, -0.1) is 0 Å². The summed E-state index contributed by atoms with van der Waals surface area (Å²) in [5.74, 6) is -1.35. The van der Waals surface area contributed by atoms with Gasteiger partial charge >= 0.3 is 5.97 Å². The van der Waals surface area contributed by atoms with Gasteiger partial charge in [-0.1, -0.05) is 26.0 Å². The first-order valence-electron chi connectivity index (χ1n) is 6.32. The minimum atomic E-state index is -0.928. The molecule has 0 heterocycles. The van der Waals surface area contributed by atoms with Crippen molar-refractivity contribution in [2.24, 2.45) is 5.73 Å². The summed E-state index contributed by atoms with van der Waals surface area (Å²) in [5, 5.41) is 12.4. The lowest BCUT2D eigenvalue weighted by Crippen LogP contribution is -2.50. The second-order valence-electron chi connectivity index (χ2n) is 4.51. The van der Waals surface area contributed by atoms with Gasteiger partial charge in [-0.2, -0.15) is 0 Å². The van der Waals surface area contributed by atoms with Crippen LogP contribution in [0, 0.1) is 0 Å². The van der Waals surface area contributed by atoms with Crippen LogP contribution in [0.3, 0.4) is 0 Å². The lowest BCUT2D eigenvalue weighted by atomic mass is 9.92. The topological polar surface area (TPSA) is 92.4 Å². The molecule has 5 nitrogen and oxygen atoms in total. The Morgan fingerprint density at radius 3 is 2.42 bits per heavy atom. The highest BCUT2D eigenvalue weighted by Crippen LogP contribution is 2.16. The SMILES string of the molecule is CCC(CC)(NCc1cccc(C(N)=O)c1)C(=O)O. The van der Waals surface area contributed by atoms with Crippen molar-refractivity contribution in [1.29, 1.82) is 0 Å². The number of nitrogens with two attached hydrogens (primary N) is 1. The number of benzene rings is 1. The molecule has 0 fully saturated rings. The average Bonchev–Trinajstić information content (AvgIpc) is 2.40. The molecule has 1 rings (SSSR count). The minimum absolute atomic E-state index is 0.384. The fourth-order valence-corrected chi connectivity index (χ4v) is 1.98. The van der Waals surface area contributed by atoms with E-state index < -0.39 is 17.4 Å². The van der Waals surface area contributed by atoms with Gasteiger partial charge in [0.2, 0.25) is 5.91 Å². The lowest BCUT2D eigenvalue weighted by molar-refractivity contribution is -0.145. The van der Waals surface area contributed by atoms with Gasteiger partial charge in [0.25, 0.3) is 0 Å². The third-order valence-corrected chi connectivity index (χ3v) is 3.46.